The number of H-pyrrole nitrogens is 2. The summed E-state index contributed by atoms with van der Waals surface area (Å²) in [6, 6.07) is 15.6. The van der Waals surface area contributed by atoms with Crippen molar-refractivity contribution in [1.82, 2.24) is 40.0 Å². The third-order valence-corrected chi connectivity index (χ3v) is 11.6. The van der Waals surface area contributed by atoms with E-state index in [0.29, 0.717) is 72.1 Å². The van der Waals surface area contributed by atoms with Crippen LogP contribution in [0.2, 0.25) is 0 Å². The second-order valence-corrected chi connectivity index (χ2v) is 15.3. The van der Waals surface area contributed by atoms with E-state index in [0.717, 1.165) is 24.2 Å². The maximum atomic E-state index is 15.8. The average Bonchev–Trinajstić information content (AvgIpc) is 3.72. The Kier molecular flexibility index (Phi) is 10.9. The van der Waals surface area contributed by atoms with E-state index in [1.54, 1.807) is 58.3 Å². The lowest BCUT2D eigenvalue weighted by molar-refractivity contribution is -0.138. The van der Waals surface area contributed by atoms with Crippen molar-refractivity contribution in [1.29, 1.82) is 0 Å². The van der Waals surface area contributed by atoms with E-state index in [1.807, 2.05) is 6.07 Å². The van der Waals surface area contributed by atoms with Gasteiger partial charge in [0.25, 0.3) is 5.91 Å². The largest absolute Gasteiger partial charge is 0.465 e. The van der Waals surface area contributed by atoms with Crippen LogP contribution >= 0.6 is 0 Å². The number of aromatic amines is 2. The van der Waals surface area contributed by atoms with Gasteiger partial charge in [0.05, 0.1) is 43.0 Å². The number of carboxylic acid groups (broad SMARTS) is 1. The predicted molar refractivity (Wildman–Crippen MR) is 211 cm³/mol. The van der Waals surface area contributed by atoms with E-state index >= 15 is 8.78 Å². The first kappa shape index (κ1) is 39.3. The summed E-state index contributed by atoms with van der Waals surface area (Å²) < 4.78 is 36.3. The summed E-state index contributed by atoms with van der Waals surface area (Å²) in [5.41, 5.74) is 2.84. The number of likely N-dealkylation sites (N-methyl/N-ethyl adjacent to an activating group) is 1. The fourth-order valence-electron chi connectivity index (χ4n) is 8.40. The Morgan fingerprint density at radius 1 is 0.797 bits per heavy atom. The van der Waals surface area contributed by atoms with Gasteiger partial charge in [-0.05, 0) is 85.4 Å². The third kappa shape index (κ3) is 7.86. The molecule has 3 aromatic carbocycles. The lowest BCUT2D eigenvalue weighted by Gasteiger charge is -2.31. The molecule has 0 bridgehead atoms. The number of carbonyl (C=O) groups excluding carboxylic acids is 3. The van der Waals surface area contributed by atoms with Crippen LogP contribution in [-0.2, 0) is 14.3 Å². The number of halogens is 2. The third-order valence-electron chi connectivity index (χ3n) is 11.6. The van der Waals surface area contributed by atoms with Crippen molar-refractivity contribution in [2.45, 2.75) is 62.7 Å². The molecule has 4 heterocycles. The monoisotopic (exact) mass is 806 g/mol. The highest BCUT2D eigenvalue weighted by Crippen LogP contribution is 2.40. The van der Waals surface area contributed by atoms with E-state index in [1.165, 1.54) is 38.7 Å². The second-order valence-electron chi connectivity index (χ2n) is 15.3. The molecule has 8 rings (SSSR count). The van der Waals surface area contributed by atoms with E-state index in [2.05, 4.69) is 25.3 Å². The van der Waals surface area contributed by atoms with Gasteiger partial charge in [0.15, 0.2) is 0 Å². The Hall–Kier alpha value is -6.58. The number of aromatic nitrogens is 4. The number of ether oxygens (including phenoxy) is 1. The SMILES string of the molecule is COC(=O)N[C@@H](C(=O)N1CCC[C@H]1c1ncc(-c2ccc(-c3ccc(-c4cnc([C@@H]5CCCN5C(=O)[C@H](C5CC5)N(C)C(=O)O)[nH]4)c(F)c3)cc2F)[nH]1)c1ccccc1. The van der Waals surface area contributed by atoms with Crippen LogP contribution in [0.5, 0.6) is 0 Å². The van der Waals surface area contributed by atoms with Crippen LogP contribution in [-0.4, -0.2) is 97.0 Å². The molecule has 0 radical (unpaired) electrons. The normalized spacial score (nSPS) is 18.7. The lowest BCUT2D eigenvalue weighted by Crippen LogP contribution is -2.50. The number of carbonyl (C=O) groups is 4. The number of hydrogen-bond acceptors (Lipinski definition) is 7. The fraction of sp³-hybridized carbons (Fsp3) is 0.349. The average molecular weight is 807 g/mol. The van der Waals surface area contributed by atoms with E-state index in [9.17, 15) is 24.3 Å². The van der Waals surface area contributed by atoms with Gasteiger partial charge in [-0.2, -0.15) is 0 Å². The van der Waals surface area contributed by atoms with Crippen LogP contribution in [0.1, 0.15) is 73.9 Å². The quantitative estimate of drug-likeness (QED) is 0.108. The van der Waals surface area contributed by atoms with E-state index in [4.69, 9.17) is 4.74 Å². The van der Waals surface area contributed by atoms with Crippen molar-refractivity contribution < 1.29 is 37.8 Å². The molecule has 2 aliphatic heterocycles. The molecule has 4 atom stereocenters. The van der Waals surface area contributed by atoms with Crippen LogP contribution < -0.4 is 5.32 Å². The Bertz CT molecular complexity index is 2380. The maximum Gasteiger partial charge on any atom is 0.407 e. The van der Waals surface area contributed by atoms with E-state index < -0.39 is 48.0 Å². The zero-order chi connectivity index (χ0) is 41.4. The van der Waals surface area contributed by atoms with Gasteiger partial charge in [0, 0.05) is 31.3 Å². The maximum absolute atomic E-state index is 15.8. The summed E-state index contributed by atoms with van der Waals surface area (Å²) in [7, 11) is 2.66. The number of methoxy groups -OCH3 is 1. The van der Waals surface area contributed by atoms with Crippen molar-refractivity contribution in [2.24, 2.45) is 5.92 Å². The van der Waals surface area contributed by atoms with Crippen LogP contribution in [0.4, 0.5) is 18.4 Å². The van der Waals surface area contributed by atoms with Crippen molar-refractivity contribution >= 4 is 24.0 Å². The van der Waals surface area contributed by atoms with Crippen LogP contribution in [0.25, 0.3) is 33.6 Å². The van der Waals surface area contributed by atoms with Gasteiger partial charge in [-0.25, -0.2) is 28.3 Å². The first-order valence-electron chi connectivity index (χ1n) is 19.7. The summed E-state index contributed by atoms with van der Waals surface area (Å²) in [4.78, 5) is 71.3. The van der Waals surface area contributed by atoms with Crippen LogP contribution in [0.3, 0.4) is 0 Å². The molecule has 1 saturated carbocycles. The molecule has 4 amide bonds. The van der Waals surface area contributed by atoms with Gasteiger partial charge in [-0.15, -0.1) is 0 Å². The highest BCUT2D eigenvalue weighted by Gasteiger charge is 2.45. The summed E-state index contributed by atoms with van der Waals surface area (Å²) >= 11 is 0. The predicted octanol–water partition coefficient (Wildman–Crippen LogP) is 7.22. The van der Waals surface area contributed by atoms with Crippen molar-refractivity contribution in [3.8, 4) is 33.6 Å². The number of hydrogen-bond donors (Lipinski definition) is 4. The summed E-state index contributed by atoms with van der Waals surface area (Å²) in [6.45, 7) is 0.921. The minimum absolute atomic E-state index is 0.00151. The summed E-state index contributed by atoms with van der Waals surface area (Å²) in [5.74, 6) is -0.682. The number of imidazole rings is 2. The van der Waals surface area contributed by atoms with E-state index in [-0.39, 0.29) is 28.9 Å². The van der Waals surface area contributed by atoms with Gasteiger partial charge < -0.3 is 34.9 Å². The smallest absolute Gasteiger partial charge is 0.407 e. The Morgan fingerprint density at radius 2 is 1.32 bits per heavy atom. The van der Waals surface area contributed by atoms with Crippen LogP contribution in [0.15, 0.2) is 79.1 Å². The van der Waals surface area contributed by atoms with Gasteiger partial charge >= 0.3 is 12.2 Å². The van der Waals surface area contributed by atoms with Crippen LogP contribution in [0, 0.1) is 17.6 Å². The number of amides is 4. The van der Waals surface area contributed by atoms with Crippen molar-refractivity contribution in [2.75, 3.05) is 27.2 Å². The molecular formula is C43H44F2N8O6. The summed E-state index contributed by atoms with van der Waals surface area (Å²) in [6.07, 6.45) is 5.45. The van der Waals surface area contributed by atoms with Crippen molar-refractivity contribution in [3.63, 3.8) is 0 Å². The first-order chi connectivity index (χ1) is 28.5. The minimum Gasteiger partial charge on any atom is -0.465 e. The Labute approximate surface area is 338 Å². The molecule has 5 aromatic rings. The molecule has 59 heavy (non-hydrogen) atoms. The molecule has 0 unspecified atom stereocenters. The molecule has 2 saturated heterocycles. The molecule has 16 heteroatoms. The van der Waals surface area contributed by atoms with Gasteiger partial charge in [0.1, 0.15) is 35.4 Å². The number of rotatable bonds is 11. The Balaban J connectivity index is 0.963. The molecule has 14 nitrogen and oxygen atoms in total. The van der Waals surface area contributed by atoms with Gasteiger partial charge in [-0.1, -0.05) is 42.5 Å². The molecule has 2 aromatic heterocycles. The topological polar surface area (TPSA) is 177 Å². The fourth-order valence-corrected chi connectivity index (χ4v) is 8.40. The number of benzene rings is 3. The second kappa shape index (κ2) is 16.3. The number of alkyl carbamates (subject to hydrolysis) is 1. The Morgan fingerprint density at radius 3 is 1.80 bits per heavy atom. The molecular weight excluding hydrogens is 763 g/mol. The number of likely N-dealkylation sites (tertiary alicyclic amines) is 2. The zero-order valence-electron chi connectivity index (χ0n) is 32.5. The first-order valence-corrected chi connectivity index (χ1v) is 19.7. The minimum atomic E-state index is -1.15. The highest BCUT2D eigenvalue weighted by molar-refractivity contribution is 5.88. The van der Waals surface area contributed by atoms with Gasteiger partial charge in [-0.3, -0.25) is 14.5 Å². The molecule has 3 aliphatic rings. The molecule has 3 fully saturated rings. The lowest BCUT2D eigenvalue weighted by atomic mass is 10.00. The zero-order valence-corrected chi connectivity index (χ0v) is 32.5. The molecule has 4 N–H and O–H groups in total. The molecule has 0 spiro atoms. The standard InChI is InChI=1S/C43H44F2N8O6/c1-51(43(57)58)37(25-12-13-25)41(55)53-19-7-11-35(53)39-47-23-33(49-39)29-17-15-27(21-31(29)45)26-14-16-28(30(44)20-26)32-22-46-38(48-32)34-10-6-18-52(34)40(54)36(50-42(56)59-2)24-8-4-3-5-9-24/h3-5,8-9,14-17,20-23,25,34-37H,6-7,10-13,18-19H2,1-2H3,(H,46,48)(H,47,49)(H,50,56)(H,57,58)/t34-,35-,36+,37-/m0/s1. The highest BCUT2D eigenvalue weighted by atomic mass is 19.1. The molecule has 306 valence electrons. The van der Waals surface area contributed by atoms with Crippen molar-refractivity contribution in [3.05, 3.63) is 108 Å². The summed E-state index contributed by atoms with van der Waals surface area (Å²) in [5, 5.41) is 12.2. The number of nitrogens with zero attached hydrogens (tertiary/aromatic N) is 5. The van der Waals surface area contributed by atoms with Gasteiger partial charge in [0.2, 0.25) is 5.91 Å². The molecule has 1 aliphatic carbocycles. The number of nitrogens with one attached hydrogen (secondary N) is 3.